The second kappa shape index (κ2) is 6.62. The Morgan fingerprint density at radius 2 is 1.95 bits per heavy atom. The van der Waals surface area contributed by atoms with E-state index in [1.165, 1.54) is 29.5 Å². The predicted molar refractivity (Wildman–Crippen MR) is 92.3 cm³/mol. The van der Waals surface area contributed by atoms with Crippen LogP contribution >= 0.6 is 31.9 Å². The van der Waals surface area contributed by atoms with Gasteiger partial charge in [0.2, 0.25) is 0 Å². The van der Waals surface area contributed by atoms with Gasteiger partial charge in [0.25, 0.3) is 0 Å². The number of hydrogen-bond acceptors (Lipinski definition) is 0. The van der Waals surface area contributed by atoms with Crippen molar-refractivity contribution in [1.82, 2.24) is 0 Å². The van der Waals surface area contributed by atoms with Crippen LogP contribution < -0.4 is 0 Å². The third-order valence-corrected chi connectivity index (χ3v) is 6.26. The first-order valence-electron chi connectivity index (χ1n) is 7.31. The second-order valence-corrected chi connectivity index (χ2v) is 7.53. The highest BCUT2D eigenvalue weighted by molar-refractivity contribution is 9.10. The molecule has 0 aliphatic heterocycles. The van der Waals surface area contributed by atoms with Crippen molar-refractivity contribution in [2.24, 2.45) is 5.92 Å². The Labute approximate surface area is 142 Å². The largest absolute Gasteiger partial charge is 0.207 e. The van der Waals surface area contributed by atoms with Crippen LogP contribution in [0.25, 0.3) is 0 Å². The molecule has 2 aromatic carbocycles. The summed E-state index contributed by atoms with van der Waals surface area (Å²) in [5, 5.41) is 0. The van der Waals surface area contributed by atoms with Gasteiger partial charge in [0.1, 0.15) is 5.82 Å². The van der Waals surface area contributed by atoms with Crippen molar-refractivity contribution in [3.63, 3.8) is 0 Å². The van der Waals surface area contributed by atoms with Gasteiger partial charge in [-0.3, -0.25) is 0 Å². The summed E-state index contributed by atoms with van der Waals surface area (Å²) in [4.78, 5) is 0.369. The molecule has 21 heavy (non-hydrogen) atoms. The molecular formula is C18H17Br2F. The standard InChI is InChI=1S/C18H17Br2F/c19-17-11-15(21)9-8-13(17)10-14-6-3-5-12-4-1-2-7-16(12)18(14)20/h1-2,4,7-9,11,14,18H,3,5-6,10H2. The molecule has 2 unspecified atom stereocenters. The summed E-state index contributed by atoms with van der Waals surface area (Å²) < 4.78 is 14.1. The average molecular weight is 412 g/mol. The van der Waals surface area contributed by atoms with Gasteiger partial charge in [-0.2, -0.15) is 0 Å². The Morgan fingerprint density at radius 1 is 1.14 bits per heavy atom. The fourth-order valence-corrected chi connectivity index (χ4v) is 4.57. The summed E-state index contributed by atoms with van der Waals surface area (Å²) in [6.45, 7) is 0. The normalized spacial score (nSPS) is 21.7. The van der Waals surface area contributed by atoms with Crippen LogP contribution in [0.5, 0.6) is 0 Å². The van der Waals surface area contributed by atoms with Crippen LogP contribution in [0.3, 0.4) is 0 Å². The van der Waals surface area contributed by atoms with Gasteiger partial charge in [-0.15, -0.1) is 0 Å². The number of halogens is 3. The van der Waals surface area contributed by atoms with Gasteiger partial charge >= 0.3 is 0 Å². The molecule has 3 heteroatoms. The van der Waals surface area contributed by atoms with Gasteiger partial charge in [-0.25, -0.2) is 4.39 Å². The minimum absolute atomic E-state index is 0.188. The van der Waals surface area contributed by atoms with Gasteiger partial charge in [-0.1, -0.05) is 62.2 Å². The van der Waals surface area contributed by atoms with Crippen LogP contribution in [0.15, 0.2) is 46.9 Å². The van der Waals surface area contributed by atoms with Crippen LogP contribution in [0, 0.1) is 11.7 Å². The summed E-state index contributed by atoms with van der Waals surface area (Å²) in [6, 6.07) is 13.7. The smallest absolute Gasteiger partial charge is 0.124 e. The molecule has 0 aromatic heterocycles. The molecule has 0 radical (unpaired) electrons. The van der Waals surface area contributed by atoms with Crippen LogP contribution in [0.4, 0.5) is 4.39 Å². The molecule has 2 atom stereocenters. The maximum atomic E-state index is 13.2. The SMILES string of the molecule is Fc1ccc(CC2CCCc3ccccc3C2Br)c(Br)c1. The molecule has 0 N–H and O–H groups in total. The van der Waals surface area contributed by atoms with Crippen LogP contribution in [0.1, 0.15) is 34.4 Å². The van der Waals surface area contributed by atoms with Gasteiger partial charge in [0.05, 0.1) is 0 Å². The van der Waals surface area contributed by atoms with Crippen LogP contribution in [0.2, 0.25) is 0 Å². The third kappa shape index (κ3) is 3.40. The molecule has 0 amide bonds. The zero-order valence-electron chi connectivity index (χ0n) is 11.7. The quantitative estimate of drug-likeness (QED) is 0.406. The summed E-state index contributed by atoms with van der Waals surface area (Å²) in [5.74, 6) is 0.350. The van der Waals surface area contributed by atoms with E-state index in [1.54, 1.807) is 12.1 Å². The van der Waals surface area contributed by atoms with Crippen molar-refractivity contribution < 1.29 is 4.39 Å². The van der Waals surface area contributed by atoms with Crippen molar-refractivity contribution in [1.29, 1.82) is 0 Å². The summed E-state index contributed by atoms with van der Waals surface area (Å²) >= 11 is 7.40. The Morgan fingerprint density at radius 3 is 2.76 bits per heavy atom. The summed E-state index contributed by atoms with van der Waals surface area (Å²) in [7, 11) is 0. The number of hydrogen-bond donors (Lipinski definition) is 0. The molecular weight excluding hydrogens is 395 g/mol. The first-order chi connectivity index (χ1) is 10.1. The maximum Gasteiger partial charge on any atom is 0.124 e. The van der Waals surface area contributed by atoms with E-state index in [0.717, 1.165) is 17.3 Å². The highest BCUT2D eigenvalue weighted by atomic mass is 79.9. The molecule has 1 aliphatic rings. The molecule has 0 fully saturated rings. The van der Waals surface area contributed by atoms with Crippen molar-refractivity contribution in [2.45, 2.75) is 30.5 Å². The second-order valence-electron chi connectivity index (χ2n) is 5.69. The number of alkyl halides is 1. The highest BCUT2D eigenvalue weighted by Gasteiger charge is 2.26. The fourth-order valence-electron chi connectivity index (χ4n) is 3.16. The minimum atomic E-state index is -0.188. The molecule has 1 aliphatic carbocycles. The van der Waals surface area contributed by atoms with E-state index < -0.39 is 0 Å². The molecule has 3 rings (SSSR count). The molecule has 0 saturated heterocycles. The lowest BCUT2D eigenvalue weighted by molar-refractivity contribution is 0.474. The molecule has 0 bridgehead atoms. The monoisotopic (exact) mass is 410 g/mol. The lowest BCUT2D eigenvalue weighted by Gasteiger charge is -2.22. The molecule has 0 heterocycles. The van der Waals surface area contributed by atoms with Crippen molar-refractivity contribution >= 4 is 31.9 Å². The van der Waals surface area contributed by atoms with Gasteiger partial charge in [-0.05, 0) is 60.4 Å². The molecule has 0 nitrogen and oxygen atoms in total. The van der Waals surface area contributed by atoms with Crippen LogP contribution in [-0.2, 0) is 12.8 Å². The fraction of sp³-hybridized carbons (Fsp3) is 0.333. The summed E-state index contributed by atoms with van der Waals surface area (Å²) in [5.41, 5.74) is 4.06. The third-order valence-electron chi connectivity index (χ3n) is 4.28. The van der Waals surface area contributed by atoms with E-state index in [0.29, 0.717) is 10.7 Å². The maximum absolute atomic E-state index is 13.2. The lowest BCUT2D eigenvalue weighted by atomic mass is 9.90. The van der Waals surface area contributed by atoms with Crippen molar-refractivity contribution in [2.75, 3.05) is 0 Å². The Balaban J connectivity index is 1.86. The van der Waals surface area contributed by atoms with E-state index in [4.69, 9.17) is 0 Å². The highest BCUT2D eigenvalue weighted by Crippen LogP contribution is 2.41. The van der Waals surface area contributed by atoms with E-state index in [-0.39, 0.29) is 5.82 Å². The van der Waals surface area contributed by atoms with Gasteiger partial charge in [0.15, 0.2) is 0 Å². The molecule has 0 spiro atoms. The number of benzene rings is 2. The zero-order valence-corrected chi connectivity index (χ0v) is 14.8. The van der Waals surface area contributed by atoms with Crippen molar-refractivity contribution in [3.8, 4) is 0 Å². The number of rotatable bonds is 2. The first-order valence-corrected chi connectivity index (χ1v) is 9.02. The first kappa shape index (κ1) is 15.2. The molecule has 0 saturated carbocycles. The average Bonchev–Trinajstić information content (AvgIpc) is 2.63. The summed E-state index contributed by atoms with van der Waals surface area (Å²) in [6.07, 6.45) is 4.52. The Bertz CT molecular complexity index is 639. The van der Waals surface area contributed by atoms with E-state index in [9.17, 15) is 4.39 Å². The Kier molecular flexibility index (Phi) is 4.80. The van der Waals surface area contributed by atoms with Crippen LogP contribution in [-0.4, -0.2) is 0 Å². The minimum Gasteiger partial charge on any atom is -0.207 e. The van der Waals surface area contributed by atoms with E-state index in [2.05, 4.69) is 56.1 Å². The van der Waals surface area contributed by atoms with Gasteiger partial charge in [0, 0.05) is 9.30 Å². The van der Waals surface area contributed by atoms with E-state index >= 15 is 0 Å². The van der Waals surface area contributed by atoms with Gasteiger partial charge < -0.3 is 0 Å². The lowest BCUT2D eigenvalue weighted by Crippen LogP contribution is -2.10. The Hall–Kier alpha value is -0.670. The van der Waals surface area contributed by atoms with Crippen molar-refractivity contribution in [3.05, 3.63) is 69.4 Å². The van der Waals surface area contributed by atoms with E-state index in [1.807, 2.05) is 6.07 Å². The zero-order chi connectivity index (χ0) is 14.8. The molecule has 2 aromatic rings. The molecule has 110 valence electrons. The predicted octanol–water partition coefficient (Wildman–Crippen LogP) is 6.22. The topological polar surface area (TPSA) is 0 Å². The number of fused-ring (bicyclic) bond motifs is 1. The number of aryl methyl sites for hydroxylation is 1.